The van der Waals surface area contributed by atoms with E-state index < -0.39 is 0 Å². The molecule has 12 heavy (non-hydrogen) atoms. The number of hydrogen-bond acceptors (Lipinski definition) is 1. The van der Waals surface area contributed by atoms with Crippen molar-refractivity contribution in [1.82, 2.24) is 4.90 Å². The second-order valence-corrected chi connectivity index (χ2v) is 3.92. The van der Waals surface area contributed by atoms with Crippen molar-refractivity contribution in [2.75, 3.05) is 13.1 Å². The molecule has 0 radical (unpaired) electrons. The van der Waals surface area contributed by atoms with E-state index in [-0.39, 0.29) is 0 Å². The lowest BCUT2D eigenvalue weighted by molar-refractivity contribution is 0.410. The highest BCUT2D eigenvalue weighted by Gasteiger charge is 2.04. The molecule has 0 aliphatic heterocycles. The van der Waals surface area contributed by atoms with E-state index in [9.17, 15) is 0 Å². The Bertz CT molecular complexity index is 120. The molecule has 0 bridgehead atoms. The van der Waals surface area contributed by atoms with Crippen LogP contribution >= 0.6 is 23.8 Å². The summed E-state index contributed by atoms with van der Waals surface area (Å²) >= 11 is 10.7. The Balaban J connectivity index is 3.62. The van der Waals surface area contributed by atoms with Gasteiger partial charge in [0.1, 0.15) is 0 Å². The molecule has 0 aliphatic carbocycles. The summed E-state index contributed by atoms with van der Waals surface area (Å²) in [7, 11) is 0. The second kappa shape index (κ2) is 7.81. The molecule has 0 aromatic carbocycles. The molecule has 0 aromatic rings. The van der Waals surface area contributed by atoms with Crippen LogP contribution in [-0.4, -0.2) is 22.4 Å². The van der Waals surface area contributed by atoms with E-state index >= 15 is 0 Å². The van der Waals surface area contributed by atoms with Gasteiger partial charge in [0.05, 0.1) is 0 Å². The Morgan fingerprint density at radius 1 is 1.17 bits per heavy atom. The maximum Gasteiger partial charge on any atom is 0.169 e. The summed E-state index contributed by atoms with van der Waals surface area (Å²) < 4.78 is 0.525. The maximum absolute atomic E-state index is 5.77. The average molecular weight is 208 g/mol. The molecule has 0 heterocycles. The van der Waals surface area contributed by atoms with Crippen molar-refractivity contribution >= 4 is 28.3 Å². The molecule has 0 atom stereocenters. The van der Waals surface area contributed by atoms with Gasteiger partial charge in [-0.25, -0.2) is 0 Å². The summed E-state index contributed by atoms with van der Waals surface area (Å²) in [4.78, 5) is 2.09. The van der Waals surface area contributed by atoms with Crippen LogP contribution in [0.4, 0.5) is 0 Å². The van der Waals surface area contributed by atoms with Crippen molar-refractivity contribution in [1.29, 1.82) is 0 Å². The lowest BCUT2D eigenvalue weighted by atomic mass is 10.3. The molecule has 0 rings (SSSR count). The van der Waals surface area contributed by atoms with Crippen molar-refractivity contribution < 1.29 is 0 Å². The predicted molar refractivity (Wildman–Crippen MR) is 59.8 cm³/mol. The van der Waals surface area contributed by atoms with Crippen LogP contribution in [0.5, 0.6) is 0 Å². The summed E-state index contributed by atoms with van der Waals surface area (Å²) in [6, 6.07) is 0. The lowest BCUT2D eigenvalue weighted by Crippen LogP contribution is -2.28. The molecule has 0 amide bonds. The van der Waals surface area contributed by atoms with Gasteiger partial charge in [-0.1, -0.05) is 38.3 Å². The van der Waals surface area contributed by atoms with Gasteiger partial charge in [-0.15, -0.1) is 0 Å². The van der Waals surface area contributed by atoms with Crippen molar-refractivity contribution in [2.45, 2.75) is 39.5 Å². The average Bonchev–Trinajstić information content (AvgIpc) is 2.04. The minimum Gasteiger partial charge on any atom is -0.353 e. The molecular weight excluding hydrogens is 190 g/mol. The molecule has 0 N–H and O–H groups in total. The Labute approximate surface area is 86.1 Å². The number of thiocarbonyl (C=S) groups is 1. The second-order valence-electron chi connectivity index (χ2n) is 2.95. The molecule has 0 aliphatic rings. The van der Waals surface area contributed by atoms with Crippen LogP contribution in [0.25, 0.3) is 0 Å². The number of hydrogen-bond donors (Lipinski definition) is 0. The van der Waals surface area contributed by atoms with E-state index in [2.05, 4.69) is 18.7 Å². The quantitative estimate of drug-likeness (QED) is 0.373. The lowest BCUT2D eigenvalue weighted by Gasteiger charge is -2.20. The Morgan fingerprint density at radius 2 is 1.58 bits per heavy atom. The van der Waals surface area contributed by atoms with Gasteiger partial charge >= 0.3 is 0 Å². The molecule has 1 nitrogen and oxygen atoms in total. The summed E-state index contributed by atoms with van der Waals surface area (Å²) in [5, 5.41) is 0. The van der Waals surface area contributed by atoms with Gasteiger partial charge in [0.25, 0.3) is 0 Å². The van der Waals surface area contributed by atoms with Gasteiger partial charge in [0.2, 0.25) is 0 Å². The Morgan fingerprint density at radius 3 is 1.83 bits per heavy atom. The highest BCUT2D eigenvalue weighted by molar-refractivity contribution is 7.83. The molecule has 0 saturated carbocycles. The van der Waals surface area contributed by atoms with Crippen LogP contribution in [0, 0.1) is 0 Å². The molecular formula is C9H18ClNS. The summed E-state index contributed by atoms with van der Waals surface area (Å²) in [5.74, 6) is 0. The molecule has 0 spiro atoms. The van der Waals surface area contributed by atoms with Crippen LogP contribution < -0.4 is 0 Å². The predicted octanol–water partition coefficient (Wildman–Crippen LogP) is 3.41. The fourth-order valence-electron chi connectivity index (χ4n) is 0.986. The van der Waals surface area contributed by atoms with Crippen LogP contribution in [0.2, 0.25) is 0 Å². The maximum atomic E-state index is 5.77. The fourth-order valence-corrected chi connectivity index (χ4v) is 1.34. The normalized spacial score (nSPS) is 9.92. The SMILES string of the molecule is CCCCN(CCCC)C(=S)Cl. The third-order valence-electron chi connectivity index (χ3n) is 1.81. The highest BCUT2D eigenvalue weighted by Crippen LogP contribution is 2.03. The third-order valence-corrected chi connectivity index (χ3v) is 2.31. The first-order valence-electron chi connectivity index (χ1n) is 4.66. The number of rotatable bonds is 6. The van der Waals surface area contributed by atoms with Crippen molar-refractivity contribution in [3.05, 3.63) is 0 Å². The van der Waals surface area contributed by atoms with Gasteiger partial charge < -0.3 is 4.90 Å². The van der Waals surface area contributed by atoms with Crippen LogP contribution in [-0.2, 0) is 0 Å². The molecule has 0 fully saturated rings. The molecule has 3 heteroatoms. The van der Waals surface area contributed by atoms with E-state index in [1.165, 1.54) is 25.7 Å². The number of unbranched alkanes of at least 4 members (excludes halogenated alkanes) is 2. The first-order chi connectivity index (χ1) is 5.72. The van der Waals surface area contributed by atoms with Crippen LogP contribution in [0.1, 0.15) is 39.5 Å². The standard InChI is InChI=1S/C9H18ClNS/c1-3-5-7-11(9(10)12)8-6-4-2/h3-8H2,1-2H3. The summed E-state index contributed by atoms with van der Waals surface area (Å²) in [5.41, 5.74) is 0. The first kappa shape index (κ1) is 12.2. The van der Waals surface area contributed by atoms with Crippen LogP contribution in [0.15, 0.2) is 0 Å². The Kier molecular flexibility index (Phi) is 7.93. The monoisotopic (exact) mass is 207 g/mol. The number of nitrogens with zero attached hydrogens (tertiary/aromatic N) is 1. The topological polar surface area (TPSA) is 3.24 Å². The van der Waals surface area contributed by atoms with Gasteiger partial charge in [-0.2, -0.15) is 0 Å². The van der Waals surface area contributed by atoms with Gasteiger partial charge in [0.15, 0.2) is 4.45 Å². The van der Waals surface area contributed by atoms with Crippen molar-refractivity contribution in [3.8, 4) is 0 Å². The Hall–Kier alpha value is 0.180. The largest absolute Gasteiger partial charge is 0.353 e. The van der Waals surface area contributed by atoms with Crippen molar-refractivity contribution in [3.63, 3.8) is 0 Å². The summed E-state index contributed by atoms with van der Waals surface area (Å²) in [6.45, 7) is 6.38. The third kappa shape index (κ3) is 5.78. The van der Waals surface area contributed by atoms with Gasteiger partial charge in [-0.05, 0) is 25.1 Å². The zero-order valence-electron chi connectivity index (χ0n) is 7.98. The van der Waals surface area contributed by atoms with Crippen molar-refractivity contribution in [2.24, 2.45) is 0 Å². The highest BCUT2D eigenvalue weighted by atomic mass is 35.5. The minimum atomic E-state index is 0.525. The smallest absolute Gasteiger partial charge is 0.169 e. The van der Waals surface area contributed by atoms with Gasteiger partial charge in [-0.3, -0.25) is 0 Å². The van der Waals surface area contributed by atoms with E-state index in [0.717, 1.165) is 13.1 Å². The summed E-state index contributed by atoms with van der Waals surface area (Å²) in [6.07, 6.45) is 4.75. The zero-order valence-corrected chi connectivity index (χ0v) is 9.55. The fraction of sp³-hybridized carbons (Fsp3) is 0.889. The first-order valence-corrected chi connectivity index (χ1v) is 5.45. The minimum absolute atomic E-state index is 0.525. The van der Waals surface area contributed by atoms with Gasteiger partial charge in [0, 0.05) is 13.1 Å². The molecule has 0 unspecified atom stereocenters. The van der Waals surface area contributed by atoms with E-state index in [1.807, 2.05) is 0 Å². The molecule has 0 saturated heterocycles. The van der Waals surface area contributed by atoms with E-state index in [1.54, 1.807) is 0 Å². The van der Waals surface area contributed by atoms with Crippen LogP contribution in [0.3, 0.4) is 0 Å². The molecule has 72 valence electrons. The molecule has 0 aromatic heterocycles. The number of halogens is 1. The van der Waals surface area contributed by atoms with E-state index in [0.29, 0.717) is 4.45 Å². The zero-order chi connectivity index (χ0) is 9.40. The van der Waals surface area contributed by atoms with E-state index in [4.69, 9.17) is 23.8 Å².